The SMILES string of the molecule is NC(=O)CC[C@H](NC(=O)CCc1cccc(N)c1)C(=O)O. The van der Waals surface area contributed by atoms with Crippen LogP contribution in [0.5, 0.6) is 0 Å². The summed E-state index contributed by atoms with van der Waals surface area (Å²) in [5.74, 6) is -2.18. The van der Waals surface area contributed by atoms with Crippen LogP contribution in [-0.4, -0.2) is 28.9 Å². The van der Waals surface area contributed by atoms with Crippen LogP contribution < -0.4 is 16.8 Å². The maximum atomic E-state index is 11.7. The van der Waals surface area contributed by atoms with Crippen LogP contribution in [0.3, 0.4) is 0 Å². The van der Waals surface area contributed by atoms with Gasteiger partial charge in [0.2, 0.25) is 11.8 Å². The highest BCUT2D eigenvalue weighted by Crippen LogP contribution is 2.09. The molecule has 6 N–H and O–H groups in total. The lowest BCUT2D eigenvalue weighted by Gasteiger charge is -2.13. The summed E-state index contributed by atoms with van der Waals surface area (Å²) in [6, 6.07) is 6.02. The number of nitrogen functional groups attached to an aromatic ring is 1. The molecule has 21 heavy (non-hydrogen) atoms. The lowest BCUT2D eigenvalue weighted by molar-refractivity contribution is -0.142. The average molecular weight is 293 g/mol. The van der Waals surface area contributed by atoms with Crippen molar-refractivity contribution in [3.8, 4) is 0 Å². The van der Waals surface area contributed by atoms with Crippen molar-refractivity contribution in [2.45, 2.75) is 31.7 Å². The topological polar surface area (TPSA) is 136 Å². The molecule has 0 aromatic heterocycles. The first kappa shape index (κ1) is 16.5. The summed E-state index contributed by atoms with van der Waals surface area (Å²) in [5, 5.41) is 11.4. The second kappa shape index (κ2) is 7.88. The number of carbonyl (C=O) groups excluding carboxylic acids is 2. The maximum Gasteiger partial charge on any atom is 0.326 e. The third-order valence-corrected chi connectivity index (χ3v) is 2.90. The minimum atomic E-state index is -1.19. The van der Waals surface area contributed by atoms with Crippen LogP contribution in [0.25, 0.3) is 0 Å². The van der Waals surface area contributed by atoms with Gasteiger partial charge < -0.3 is 21.9 Å². The number of anilines is 1. The Bertz CT molecular complexity index is 531. The van der Waals surface area contributed by atoms with Crippen LogP contribution in [-0.2, 0) is 20.8 Å². The normalized spacial score (nSPS) is 11.6. The van der Waals surface area contributed by atoms with Gasteiger partial charge >= 0.3 is 5.97 Å². The molecule has 0 bridgehead atoms. The summed E-state index contributed by atoms with van der Waals surface area (Å²) < 4.78 is 0. The molecule has 1 aromatic rings. The molecule has 0 aliphatic heterocycles. The molecular formula is C14H19N3O4. The Labute approximate surface area is 122 Å². The second-order valence-corrected chi connectivity index (χ2v) is 4.71. The van der Waals surface area contributed by atoms with E-state index in [9.17, 15) is 14.4 Å². The van der Waals surface area contributed by atoms with E-state index in [1.165, 1.54) is 0 Å². The summed E-state index contributed by atoms with van der Waals surface area (Å²) in [6.45, 7) is 0. The third-order valence-electron chi connectivity index (χ3n) is 2.90. The molecule has 1 rings (SSSR count). The van der Waals surface area contributed by atoms with Crippen molar-refractivity contribution in [3.63, 3.8) is 0 Å². The van der Waals surface area contributed by atoms with Crippen molar-refractivity contribution in [1.82, 2.24) is 5.32 Å². The number of carbonyl (C=O) groups is 3. The van der Waals surface area contributed by atoms with E-state index in [2.05, 4.69) is 5.32 Å². The Morgan fingerprint density at radius 3 is 2.52 bits per heavy atom. The van der Waals surface area contributed by atoms with Crippen molar-refractivity contribution >= 4 is 23.5 Å². The number of nitrogens with two attached hydrogens (primary N) is 2. The van der Waals surface area contributed by atoms with Crippen molar-refractivity contribution in [2.24, 2.45) is 5.73 Å². The first-order chi connectivity index (χ1) is 9.88. The van der Waals surface area contributed by atoms with Crippen molar-refractivity contribution in [1.29, 1.82) is 0 Å². The number of rotatable bonds is 8. The zero-order chi connectivity index (χ0) is 15.8. The number of hydrogen-bond acceptors (Lipinski definition) is 4. The van der Waals surface area contributed by atoms with Gasteiger partial charge in [-0.05, 0) is 30.5 Å². The minimum absolute atomic E-state index is 0.0192. The molecule has 2 amide bonds. The molecule has 7 nitrogen and oxygen atoms in total. The molecule has 7 heteroatoms. The van der Waals surface area contributed by atoms with E-state index < -0.39 is 23.8 Å². The molecule has 114 valence electrons. The number of aliphatic carboxylic acids is 1. The number of carboxylic acid groups (broad SMARTS) is 1. The van der Waals surface area contributed by atoms with Crippen LogP contribution in [0, 0.1) is 0 Å². The quantitative estimate of drug-likeness (QED) is 0.502. The number of carboxylic acids is 1. The molecule has 0 saturated carbocycles. The Hall–Kier alpha value is -2.57. The largest absolute Gasteiger partial charge is 0.480 e. The summed E-state index contributed by atoms with van der Waals surface area (Å²) in [5.41, 5.74) is 12.1. The van der Waals surface area contributed by atoms with E-state index in [4.69, 9.17) is 16.6 Å². The van der Waals surface area contributed by atoms with Gasteiger partial charge in [-0.1, -0.05) is 12.1 Å². The first-order valence-electron chi connectivity index (χ1n) is 6.53. The Balaban J connectivity index is 2.46. The molecule has 0 spiro atoms. The van der Waals surface area contributed by atoms with Gasteiger partial charge in [0, 0.05) is 18.5 Å². The lowest BCUT2D eigenvalue weighted by atomic mass is 10.1. The number of aryl methyl sites for hydroxylation is 1. The fraction of sp³-hybridized carbons (Fsp3) is 0.357. The van der Waals surface area contributed by atoms with Crippen LogP contribution in [0.1, 0.15) is 24.8 Å². The third kappa shape index (κ3) is 6.42. The van der Waals surface area contributed by atoms with E-state index in [1.54, 1.807) is 18.2 Å². The summed E-state index contributed by atoms with van der Waals surface area (Å²) in [4.78, 5) is 33.4. The van der Waals surface area contributed by atoms with E-state index >= 15 is 0 Å². The van der Waals surface area contributed by atoms with E-state index in [-0.39, 0.29) is 19.3 Å². The van der Waals surface area contributed by atoms with Crippen LogP contribution in [0.15, 0.2) is 24.3 Å². The Kier molecular flexibility index (Phi) is 6.19. The zero-order valence-corrected chi connectivity index (χ0v) is 11.5. The fourth-order valence-electron chi connectivity index (χ4n) is 1.82. The summed E-state index contributed by atoms with van der Waals surface area (Å²) in [6.07, 6.45) is 0.490. The standard InChI is InChI=1S/C14H19N3O4/c15-10-3-1-2-9(8-10)4-7-13(19)17-11(14(20)21)5-6-12(16)18/h1-3,8,11H,4-7,15H2,(H2,16,18)(H,17,19)(H,20,21)/t11-/m0/s1. The van der Waals surface area contributed by atoms with Gasteiger partial charge in [-0.15, -0.1) is 0 Å². The monoisotopic (exact) mass is 293 g/mol. The lowest BCUT2D eigenvalue weighted by Crippen LogP contribution is -2.41. The molecule has 0 fully saturated rings. The predicted molar refractivity (Wildman–Crippen MR) is 77.2 cm³/mol. The predicted octanol–water partition coefficient (Wildman–Crippen LogP) is 0.0363. The molecular weight excluding hydrogens is 274 g/mol. The number of hydrogen-bond donors (Lipinski definition) is 4. The number of primary amides is 1. The van der Waals surface area contributed by atoms with Gasteiger partial charge in [0.05, 0.1) is 0 Å². The van der Waals surface area contributed by atoms with Gasteiger partial charge in [-0.25, -0.2) is 4.79 Å². The summed E-state index contributed by atoms with van der Waals surface area (Å²) in [7, 11) is 0. The van der Waals surface area contributed by atoms with Gasteiger partial charge in [0.25, 0.3) is 0 Å². The van der Waals surface area contributed by atoms with Crippen molar-refractivity contribution in [2.75, 3.05) is 5.73 Å². The smallest absolute Gasteiger partial charge is 0.326 e. The van der Waals surface area contributed by atoms with E-state index in [0.29, 0.717) is 12.1 Å². The maximum absolute atomic E-state index is 11.7. The van der Waals surface area contributed by atoms with Gasteiger partial charge in [-0.3, -0.25) is 9.59 Å². The molecule has 1 atom stereocenters. The van der Waals surface area contributed by atoms with Gasteiger partial charge in [0.15, 0.2) is 0 Å². The molecule has 0 aliphatic rings. The zero-order valence-electron chi connectivity index (χ0n) is 11.5. The highest BCUT2D eigenvalue weighted by Gasteiger charge is 2.20. The summed E-state index contributed by atoms with van der Waals surface area (Å²) >= 11 is 0. The fourth-order valence-corrected chi connectivity index (χ4v) is 1.82. The van der Waals surface area contributed by atoms with Crippen molar-refractivity contribution in [3.05, 3.63) is 29.8 Å². The highest BCUT2D eigenvalue weighted by atomic mass is 16.4. The Morgan fingerprint density at radius 2 is 1.95 bits per heavy atom. The second-order valence-electron chi connectivity index (χ2n) is 4.71. The average Bonchev–Trinajstić information content (AvgIpc) is 2.40. The number of nitrogens with one attached hydrogen (secondary N) is 1. The van der Waals surface area contributed by atoms with Crippen LogP contribution in [0.4, 0.5) is 5.69 Å². The van der Waals surface area contributed by atoms with Crippen LogP contribution in [0.2, 0.25) is 0 Å². The van der Waals surface area contributed by atoms with Crippen molar-refractivity contribution < 1.29 is 19.5 Å². The van der Waals surface area contributed by atoms with Crippen LogP contribution >= 0.6 is 0 Å². The van der Waals surface area contributed by atoms with E-state index in [1.807, 2.05) is 6.07 Å². The molecule has 0 aliphatic carbocycles. The molecule has 0 unspecified atom stereocenters. The number of amides is 2. The molecule has 0 saturated heterocycles. The first-order valence-corrected chi connectivity index (χ1v) is 6.53. The minimum Gasteiger partial charge on any atom is -0.480 e. The van der Waals surface area contributed by atoms with Gasteiger partial charge in [0.1, 0.15) is 6.04 Å². The Morgan fingerprint density at radius 1 is 1.24 bits per heavy atom. The van der Waals surface area contributed by atoms with E-state index in [0.717, 1.165) is 5.56 Å². The van der Waals surface area contributed by atoms with Gasteiger partial charge in [-0.2, -0.15) is 0 Å². The highest BCUT2D eigenvalue weighted by molar-refractivity contribution is 5.84. The molecule has 0 radical (unpaired) electrons. The molecule has 0 heterocycles. The molecule has 1 aromatic carbocycles. The number of benzene rings is 1.